The first-order chi connectivity index (χ1) is 12.2. The second kappa shape index (κ2) is 7.69. The molecule has 25 heavy (non-hydrogen) atoms. The van der Waals surface area contributed by atoms with Gasteiger partial charge in [0.2, 0.25) is 0 Å². The van der Waals surface area contributed by atoms with Crippen LogP contribution in [0.1, 0.15) is 10.4 Å². The summed E-state index contributed by atoms with van der Waals surface area (Å²) in [5, 5.41) is 2.70. The van der Waals surface area contributed by atoms with E-state index in [2.05, 4.69) is 11.2 Å². The summed E-state index contributed by atoms with van der Waals surface area (Å²) in [6.45, 7) is 1.11. The van der Waals surface area contributed by atoms with Crippen molar-refractivity contribution >= 4 is 11.6 Å². The number of anilines is 1. The van der Waals surface area contributed by atoms with Crippen LogP contribution in [0.25, 0.3) is 0 Å². The van der Waals surface area contributed by atoms with Crippen LogP contribution in [0.2, 0.25) is 0 Å². The monoisotopic (exact) mass is 341 g/mol. The number of terminal acetylenes is 1. The van der Waals surface area contributed by atoms with Crippen molar-refractivity contribution in [3.63, 3.8) is 0 Å². The smallest absolute Gasteiger partial charge is 0.259 e. The van der Waals surface area contributed by atoms with Crippen LogP contribution in [0.4, 0.5) is 10.1 Å². The zero-order chi connectivity index (χ0) is 17.6. The predicted octanol–water partition coefficient (Wildman–Crippen LogP) is 2.87. The highest BCUT2D eigenvalue weighted by molar-refractivity contribution is 6.06. The molecule has 1 aliphatic heterocycles. The first-order valence-electron chi connectivity index (χ1n) is 7.67. The van der Waals surface area contributed by atoms with Gasteiger partial charge in [-0.25, -0.2) is 4.39 Å². The Morgan fingerprint density at radius 1 is 1.28 bits per heavy atom. The lowest BCUT2D eigenvalue weighted by atomic mass is 10.1. The fourth-order valence-electron chi connectivity index (χ4n) is 2.11. The van der Waals surface area contributed by atoms with Gasteiger partial charge in [-0.2, -0.15) is 0 Å². The molecule has 6 heteroatoms. The molecule has 2 aromatic rings. The molecule has 0 bridgehead atoms. The Kier molecular flexibility index (Phi) is 5.17. The number of ether oxygens (including phenoxy) is 3. The topological polar surface area (TPSA) is 60.1 Å². The van der Waals surface area contributed by atoms with Crippen LogP contribution in [0.5, 0.6) is 11.5 Å². The number of rotatable bonds is 7. The van der Waals surface area contributed by atoms with Crippen LogP contribution < -0.4 is 14.8 Å². The maximum Gasteiger partial charge on any atom is 0.259 e. The highest BCUT2D eigenvalue weighted by Gasteiger charge is 2.24. The second-order valence-corrected chi connectivity index (χ2v) is 5.38. The van der Waals surface area contributed by atoms with Gasteiger partial charge in [0.15, 0.2) is 0 Å². The van der Waals surface area contributed by atoms with E-state index >= 15 is 0 Å². The standard InChI is InChI=1S/C19H16FNO4/c1-2-9-23-15-7-8-18(25-12-16-11-24-16)17(10-15)19(22)21-14-5-3-13(20)4-6-14/h1,3-8,10,16H,9,11-12H2,(H,21,22). The first kappa shape index (κ1) is 16.8. The van der Waals surface area contributed by atoms with Crippen molar-refractivity contribution in [2.24, 2.45) is 0 Å². The molecule has 128 valence electrons. The van der Waals surface area contributed by atoms with E-state index in [0.29, 0.717) is 36.0 Å². The lowest BCUT2D eigenvalue weighted by Crippen LogP contribution is -2.15. The summed E-state index contributed by atoms with van der Waals surface area (Å²) >= 11 is 0. The van der Waals surface area contributed by atoms with Crippen molar-refractivity contribution in [2.45, 2.75) is 6.10 Å². The Morgan fingerprint density at radius 3 is 2.72 bits per heavy atom. The Hall–Kier alpha value is -3.04. The lowest BCUT2D eigenvalue weighted by molar-refractivity contribution is 0.102. The van der Waals surface area contributed by atoms with Crippen molar-refractivity contribution in [1.29, 1.82) is 0 Å². The van der Waals surface area contributed by atoms with Gasteiger partial charge in [0.25, 0.3) is 5.91 Å². The van der Waals surface area contributed by atoms with E-state index in [0.717, 1.165) is 0 Å². The summed E-state index contributed by atoms with van der Waals surface area (Å²) in [7, 11) is 0. The third kappa shape index (κ3) is 4.72. The fourth-order valence-corrected chi connectivity index (χ4v) is 2.11. The number of benzene rings is 2. The molecule has 1 fully saturated rings. The van der Waals surface area contributed by atoms with Crippen molar-refractivity contribution < 1.29 is 23.4 Å². The highest BCUT2D eigenvalue weighted by atomic mass is 19.1. The molecular weight excluding hydrogens is 325 g/mol. The molecule has 1 heterocycles. The molecule has 0 aliphatic carbocycles. The molecule has 2 aromatic carbocycles. The summed E-state index contributed by atoms with van der Waals surface area (Å²) in [6.07, 6.45) is 5.24. The zero-order valence-corrected chi connectivity index (χ0v) is 13.3. The summed E-state index contributed by atoms with van der Waals surface area (Å²) in [5.41, 5.74) is 0.761. The van der Waals surface area contributed by atoms with Crippen LogP contribution in [0, 0.1) is 18.2 Å². The highest BCUT2D eigenvalue weighted by Crippen LogP contribution is 2.26. The van der Waals surface area contributed by atoms with Gasteiger partial charge in [-0.15, -0.1) is 6.42 Å². The fraction of sp³-hybridized carbons (Fsp3) is 0.211. The summed E-state index contributed by atoms with van der Waals surface area (Å²) in [5.74, 6) is 2.45. The van der Waals surface area contributed by atoms with Crippen molar-refractivity contribution in [3.05, 3.63) is 53.8 Å². The molecular formula is C19H16FNO4. The van der Waals surface area contributed by atoms with Crippen LogP contribution in [-0.2, 0) is 4.74 Å². The minimum atomic E-state index is -0.399. The van der Waals surface area contributed by atoms with E-state index in [9.17, 15) is 9.18 Å². The number of nitrogens with one attached hydrogen (secondary N) is 1. The van der Waals surface area contributed by atoms with Crippen LogP contribution in [0.15, 0.2) is 42.5 Å². The Bertz CT molecular complexity index is 794. The second-order valence-electron chi connectivity index (χ2n) is 5.38. The SMILES string of the molecule is C#CCOc1ccc(OCC2CO2)c(C(=O)Nc2ccc(F)cc2)c1. The number of carbonyl (C=O) groups is 1. The van der Waals surface area contributed by atoms with Gasteiger partial charge in [0.1, 0.15) is 36.6 Å². The van der Waals surface area contributed by atoms with E-state index in [4.69, 9.17) is 20.6 Å². The largest absolute Gasteiger partial charge is 0.490 e. The Balaban J connectivity index is 1.79. The van der Waals surface area contributed by atoms with E-state index in [1.807, 2.05) is 0 Å². The van der Waals surface area contributed by atoms with E-state index in [1.54, 1.807) is 18.2 Å². The van der Waals surface area contributed by atoms with Gasteiger partial charge in [-0.05, 0) is 42.5 Å². The van der Waals surface area contributed by atoms with Gasteiger partial charge >= 0.3 is 0 Å². The molecule has 0 aromatic heterocycles. The summed E-state index contributed by atoms with van der Waals surface area (Å²) in [4.78, 5) is 12.6. The third-order valence-corrected chi connectivity index (χ3v) is 3.45. The molecule has 0 spiro atoms. The molecule has 1 amide bonds. The molecule has 0 saturated carbocycles. The van der Waals surface area contributed by atoms with Crippen LogP contribution in [-0.4, -0.2) is 31.8 Å². The quantitative estimate of drug-likeness (QED) is 0.621. The Labute approximate surface area is 144 Å². The number of hydrogen-bond donors (Lipinski definition) is 1. The average Bonchev–Trinajstić information content (AvgIpc) is 3.45. The maximum absolute atomic E-state index is 13.0. The van der Waals surface area contributed by atoms with Crippen molar-refractivity contribution in [2.75, 3.05) is 25.1 Å². The molecule has 1 saturated heterocycles. The van der Waals surface area contributed by atoms with Gasteiger partial charge in [0.05, 0.1) is 12.2 Å². The van der Waals surface area contributed by atoms with Crippen molar-refractivity contribution in [3.8, 4) is 23.8 Å². The molecule has 1 atom stereocenters. The zero-order valence-electron chi connectivity index (χ0n) is 13.3. The molecule has 1 unspecified atom stereocenters. The predicted molar refractivity (Wildman–Crippen MR) is 90.4 cm³/mol. The third-order valence-electron chi connectivity index (χ3n) is 3.45. The molecule has 5 nitrogen and oxygen atoms in total. The van der Waals surface area contributed by atoms with E-state index in [1.165, 1.54) is 24.3 Å². The minimum absolute atomic E-state index is 0.0605. The maximum atomic E-state index is 13.0. The Morgan fingerprint density at radius 2 is 2.04 bits per heavy atom. The van der Waals surface area contributed by atoms with Crippen molar-refractivity contribution in [1.82, 2.24) is 0 Å². The number of epoxide rings is 1. The van der Waals surface area contributed by atoms with E-state index in [-0.39, 0.29) is 18.5 Å². The molecule has 0 radical (unpaired) electrons. The van der Waals surface area contributed by atoms with E-state index < -0.39 is 5.91 Å². The lowest BCUT2D eigenvalue weighted by Gasteiger charge is -2.13. The van der Waals surface area contributed by atoms with Gasteiger partial charge in [-0.3, -0.25) is 4.79 Å². The summed E-state index contributed by atoms with van der Waals surface area (Å²) < 4.78 is 29.1. The van der Waals surface area contributed by atoms with Crippen LogP contribution >= 0.6 is 0 Å². The molecule has 3 rings (SSSR count). The number of amides is 1. The summed E-state index contributed by atoms with van der Waals surface area (Å²) in [6, 6.07) is 10.4. The van der Waals surface area contributed by atoms with Gasteiger partial charge in [-0.1, -0.05) is 5.92 Å². The van der Waals surface area contributed by atoms with Gasteiger partial charge in [0, 0.05) is 5.69 Å². The average molecular weight is 341 g/mol. The number of halogens is 1. The first-order valence-corrected chi connectivity index (χ1v) is 7.67. The minimum Gasteiger partial charge on any atom is -0.490 e. The number of carbonyl (C=O) groups excluding carboxylic acids is 1. The molecule has 1 N–H and O–H groups in total. The number of hydrogen-bond acceptors (Lipinski definition) is 4. The van der Waals surface area contributed by atoms with Crippen LogP contribution in [0.3, 0.4) is 0 Å². The van der Waals surface area contributed by atoms with Gasteiger partial charge < -0.3 is 19.5 Å². The molecule has 1 aliphatic rings. The normalized spacial score (nSPS) is 15.1.